The minimum Gasteiger partial charge on any atom is -0.374 e. The third kappa shape index (κ3) is 2.15. The Balaban J connectivity index is 2.57. The fourth-order valence-corrected chi connectivity index (χ4v) is 2.01. The molecule has 1 heterocycles. The molecule has 0 aromatic carbocycles. The molecule has 4 unspecified atom stereocenters. The number of ether oxygens (including phenoxy) is 1. The standard InChI is InChI=1S/C11H19NO2/c1-5-6-12-11(13)10-7(2)8(3)14-9(10)4/h5,7-10H,1,6H2,2-4H3,(H,12,13). The molecule has 0 aromatic heterocycles. The van der Waals surface area contributed by atoms with Crippen LogP contribution in [0.1, 0.15) is 20.8 Å². The Bertz CT molecular complexity index is 227. The number of hydrogen-bond acceptors (Lipinski definition) is 2. The number of carbonyl (C=O) groups is 1. The minimum atomic E-state index is -0.0232. The highest BCUT2D eigenvalue weighted by Crippen LogP contribution is 2.31. The van der Waals surface area contributed by atoms with Crippen molar-refractivity contribution in [1.82, 2.24) is 5.32 Å². The summed E-state index contributed by atoms with van der Waals surface area (Å²) in [6.45, 7) is 10.1. The van der Waals surface area contributed by atoms with Crippen molar-refractivity contribution >= 4 is 5.91 Å². The molecule has 0 aliphatic carbocycles. The molecule has 1 fully saturated rings. The van der Waals surface area contributed by atoms with Gasteiger partial charge in [-0.15, -0.1) is 6.58 Å². The molecule has 1 aliphatic rings. The third-order valence-electron chi connectivity index (χ3n) is 2.97. The number of carbonyl (C=O) groups excluding carboxylic acids is 1. The molecule has 3 heteroatoms. The van der Waals surface area contributed by atoms with Gasteiger partial charge in [0.05, 0.1) is 18.1 Å². The molecular weight excluding hydrogens is 178 g/mol. The summed E-state index contributed by atoms with van der Waals surface area (Å²) in [5.41, 5.74) is 0. The van der Waals surface area contributed by atoms with Crippen LogP contribution >= 0.6 is 0 Å². The van der Waals surface area contributed by atoms with E-state index in [-0.39, 0.29) is 30.0 Å². The largest absolute Gasteiger partial charge is 0.374 e. The van der Waals surface area contributed by atoms with E-state index in [2.05, 4.69) is 18.8 Å². The first-order chi connectivity index (χ1) is 6.57. The summed E-state index contributed by atoms with van der Waals surface area (Å²) in [7, 11) is 0. The molecule has 14 heavy (non-hydrogen) atoms. The Hall–Kier alpha value is -0.830. The molecule has 1 amide bonds. The van der Waals surface area contributed by atoms with Crippen molar-refractivity contribution in [1.29, 1.82) is 0 Å². The van der Waals surface area contributed by atoms with Gasteiger partial charge in [0.25, 0.3) is 0 Å². The molecule has 1 N–H and O–H groups in total. The summed E-state index contributed by atoms with van der Waals surface area (Å²) >= 11 is 0. The van der Waals surface area contributed by atoms with E-state index in [1.54, 1.807) is 6.08 Å². The maximum Gasteiger partial charge on any atom is 0.226 e. The van der Waals surface area contributed by atoms with Gasteiger partial charge in [0.2, 0.25) is 5.91 Å². The van der Waals surface area contributed by atoms with Crippen LogP contribution in [0, 0.1) is 11.8 Å². The molecule has 80 valence electrons. The Kier molecular flexibility index (Phi) is 3.69. The van der Waals surface area contributed by atoms with E-state index in [0.717, 1.165) is 0 Å². The fraction of sp³-hybridized carbons (Fsp3) is 0.727. The first kappa shape index (κ1) is 11.2. The SMILES string of the molecule is C=CCNC(=O)C1C(C)OC(C)C1C. The molecular formula is C11H19NO2. The summed E-state index contributed by atoms with van der Waals surface area (Å²) in [6, 6.07) is 0. The zero-order valence-electron chi connectivity index (χ0n) is 9.12. The van der Waals surface area contributed by atoms with Gasteiger partial charge in [-0.25, -0.2) is 0 Å². The molecule has 0 saturated carbocycles. The van der Waals surface area contributed by atoms with Gasteiger partial charge in [-0.2, -0.15) is 0 Å². The average molecular weight is 197 g/mol. The molecule has 0 spiro atoms. The van der Waals surface area contributed by atoms with Crippen molar-refractivity contribution in [3.05, 3.63) is 12.7 Å². The van der Waals surface area contributed by atoms with Gasteiger partial charge in [-0.05, 0) is 19.8 Å². The van der Waals surface area contributed by atoms with Gasteiger partial charge >= 0.3 is 0 Å². The first-order valence-electron chi connectivity index (χ1n) is 5.12. The van der Waals surface area contributed by atoms with E-state index >= 15 is 0 Å². The summed E-state index contributed by atoms with van der Waals surface area (Å²) in [5, 5.41) is 2.82. The van der Waals surface area contributed by atoms with Gasteiger partial charge in [-0.3, -0.25) is 4.79 Å². The average Bonchev–Trinajstić information content (AvgIpc) is 2.38. The van der Waals surface area contributed by atoms with Crippen molar-refractivity contribution in [2.24, 2.45) is 11.8 Å². The monoisotopic (exact) mass is 197 g/mol. The Labute approximate surface area is 85.5 Å². The van der Waals surface area contributed by atoms with Crippen LogP contribution in [0.5, 0.6) is 0 Å². The Morgan fingerprint density at radius 3 is 2.50 bits per heavy atom. The van der Waals surface area contributed by atoms with E-state index in [4.69, 9.17) is 4.74 Å². The van der Waals surface area contributed by atoms with Crippen LogP contribution in [0.25, 0.3) is 0 Å². The summed E-state index contributed by atoms with van der Waals surface area (Å²) in [5.74, 6) is 0.342. The van der Waals surface area contributed by atoms with Gasteiger partial charge in [0.15, 0.2) is 0 Å². The molecule has 1 saturated heterocycles. The normalized spacial score (nSPS) is 36.8. The molecule has 1 rings (SSSR count). The number of nitrogens with one attached hydrogen (secondary N) is 1. The molecule has 0 bridgehead atoms. The van der Waals surface area contributed by atoms with Crippen LogP contribution in [-0.4, -0.2) is 24.7 Å². The van der Waals surface area contributed by atoms with Crippen LogP contribution in [0.3, 0.4) is 0 Å². The highest BCUT2D eigenvalue weighted by Gasteiger charge is 2.41. The molecule has 1 aliphatic heterocycles. The molecule has 3 nitrogen and oxygen atoms in total. The summed E-state index contributed by atoms with van der Waals surface area (Å²) in [4.78, 5) is 11.7. The lowest BCUT2D eigenvalue weighted by Gasteiger charge is -2.17. The Morgan fingerprint density at radius 2 is 2.07 bits per heavy atom. The van der Waals surface area contributed by atoms with Crippen molar-refractivity contribution in [3.63, 3.8) is 0 Å². The van der Waals surface area contributed by atoms with Gasteiger partial charge in [0.1, 0.15) is 0 Å². The van der Waals surface area contributed by atoms with Crippen LogP contribution in [-0.2, 0) is 9.53 Å². The van der Waals surface area contributed by atoms with Crippen molar-refractivity contribution in [2.45, 2.75) is 33.0 Å². The van der Waals surface area contributed by atoms with Crippen LogP contribution in [0.2, 0.25) is 0 Å². The zero-order valence-corrected chi connectivity index (χ0v) is 9.12. The molecule has 0 aromatic rings. The smallest absolute Gasteiger partial charge is 0.226 e. The minimum absolute atomic E-state index is 0.0183. The van der Waals surface area contributed by atoms with E-state index in [1.807, 2.05) is 13.8 Å². The third-order valence-corrected chi connectivity index (χ3v) is 2.97. The van der Waals surface area contributed by atoms with Gasteiger partial charge in [-0.1, -0.05) is 13.0 Å². The van der Waals surface area contributed by atoms with Crippen molar-refractivity contribution in [2.75, 3.05) is 6.54 Å². The lowest BCUT2D eigenvalue weighted by Crippen LogP contribution is -2.37. The highest BCUT2D eigenvalue weighted by molar-refractivity contribution is 5.80. The molecule has 0 radical (unpaired) electrons. The number of amides is 1. The summed E-state index contributed by atoms with van der Waals surface area (Å²) < 4.78 is 5.60. The topological polar surface area (TPSA) is 38.3 Å². The van der Waals surface area contributed by atoms with E-state index < -0.39 is 0 Å². The number of rotatable bonds is 3. The van der Waals surface area contributed by atoms with E-state index in [1.165, 1.54) is 0 Å². The van der Waals surface area contributed by atoms with E-state index in [9.17, 15) is 4.79 Å². The second-order valence-corrected chi connectivity index (χ2v) is 3.97. The highest BCUT2D eigenvalue weighted by atomic mass is 16.5. The van der Waals surface area contributed by atoms with Gasteiger partial charge < -0.3 is 10.1 Å². The zero-order chi connectivity index (χ0) is 10.7. The fourth-order valence-electron chi connectivity index (χ4n) is 2.01. The van der Waals surface area contributed by atoms with E-state index in [0.29, 0.717) is 6.54 Å². The van der Waals surface area contributed by atoms with Crippen molar-refractivity contribution < 1.29 is 9.53 Å². The van der Waals surface area contributed by atoms with Crippen LogP contribution in [0.4, 0.5) is 0 Å². The van der Waals surface area contributed by atoms with Gasteiger partial charge in [0, 0.05) is 6.54 Å². The van der Waals surface area contributed by atoms with Crippen LogP contribution < -0.4 is 5.32 Å². The second-order valence-electron chi connectivity index (χ2n) is 3.97. The summed E-state index contributed by atoms with van der Waals surface area (Å²) in [6.07, 6.45) is 1.88. The Morgan fingerprint density at radius 1 is 1.43 bits per heavy atom. The van der Waals surface area contributed by atoms with Crippen LogP contribution in [0.15, 0.2) is 12.7 Å². The predicted molar refractivity (Wildman–Crippen MR) is 55.9 cm³/mol. The quantitative estimate of drug-likeness (QED) is 0.693. The maximum absolute atomic E-state index is 11.7. The maximum atomic E-state index is 11.7. The lowest BCUT2D eigenvalue weighted by atomic mass is 9.89. The lowest BCUT2D eigenvalue weighted by molar-refractivity contribution is -0.126. The predicted octanol–water partition coefficient (Wildman–Crippen LogP) is 1.35. The second kappa shape index (κ2) is 4.60. The number of hydrogen-bond donors (Lipinski definition) is 1. The van der Waals surface area contributed by atoms with Crippen molar-refractivity contribution in [3.8, 4) is 0 Å². The first-order valence-corrected chi connectivity index (χ1v) is 5.12. The molecule has 4 atom stereocenters.